The van der Waals surface area contributed by atoms with Gasteiger partial charge >= 0.3 is 0 Å². The van der Waals surface area contributed by atoms with E-state index in [0.717, 1.165) is 6.07 Å². The average molecular weight is 212 g/mol. The number of hydrogen-bond donors (Lipinski definition) is 2. The predicted octanol–water partition coefficient (Wildman–Crippen LogP) is 1.48. The summed E-state index contributed by atoms with van der Waals surface area (Å²) < 4.78 is 23.2. The van der Waals surface area contributed by atoms with Crippen LogP contribution < -0.4 is 10.5 Å². The SMILES string of the molecule is CCOCOc1ccc(C(=N)N)cc1F. The Morgan fingerprint density at radius 2 is 2.27 bits per heavy atom. The van der Waals surface area contributed by atoms with Gasteiger partial charge in [-0.15, -0.1) is 0 Å². The van der Waals surface area contributed by atoms with Gasteiger partial charge in [0.2, 0.25) is 0 Å². The van der Waals surface area contributed by atoms with Crippen molar-refractivity contribution in [3.63, 3.8) is 0 Å². The van der Waals surface area contributed by atoms with Crippen molar-refractivity contribution < 1.29 is 13.9 Å². The summed E-state index contributed by atoms with van der Waals surface area (Å²) >= 11 is 0. The second kappa shape index (κ2) is 5.31. The van der Waals surface area contributed by atoms with Gasteiger partial charge in [0.15, 0.2) is 18.4 Å². The minimum atomic E-state index is -0.553. The van der Waals surface area contributed by atoms with Crippen LogP contribution in [0.15, 0.2) is 18.2 Å². The summed E-state index contributed by atoms with van der Waals surface area (Å²) in [4.78, 5) is 0. The largest absolute Gasteiger partial charge is 0.464 e. The molecule has 0 radical (unpaired) electrons. The third-order valence-electron chi connectivity index (χ3n) is 1.74. The van der Waals surface area contributed by atoms with Gasteiger partial charge in [0.25, 0.3) is 0 Å². The van der Waals surface area contributed by atoms with Crippen LogP contribution in [0.4, 0.5) is 4.39 Å². The van der Waals surface area contributed by atoms with Crippen LogP contribution in [0, 0.1) is 11.2 Å². The van der Waals surface area contributed by atoms with Crippen LogP contribution in [0.1, 0.15) is 12.5 Å². The lowest BCUT2D eigenvalue weighted by Crippen LogP contribution is -2.11. The molecule has 0 fully saturated rings. The highest BCUT2D eigenvalue weighted by molar-refractivity contribution is 5.95. The van der Waals surface area contributed by atoms with Crippen molar-refractivity contribution in [2.24, 2.45) is 5.73 Å². The van der Waals surface area contributed by atoms with Crippen LogP contribution in [-0.4, -0.2) is 19.2 Å². The zero-order valence-electron chi connectivity index (χ0n) is 8.42. The standard InChI is InChI=1S/C10H13FN2O2/c1-2-14-6-15-9-4-3-7(10(12)13)5-8(9)11/h3-5H,2,6H2,1H3,(H3,12,13). The summed E-state index contributed by atoms with van der Waals surface area (Å²) in [6, 6.07) is 4.10. The van der Waals surface area contributed by atoms with E-state index in [4.69, 9.17) is 20.6 Å². The van der Waals surface area contributed by atoms with Gasteiger partial charge in [-0.05, 0) is 25.1 Å². The molecule has 0 unspecified atom stereocenters. The third kappa shape index (κ3) is 3.21. The molecule has 0 aliphatic rings. The number of benzene rings is 1. The smallest absolute Gasteiger partial charge is 0.189 e. The van der Waals surface area contributed by atoms with E-state index in [9.17, 15) is 4.39 Å². The zero-order chi connectivity index (χ0) is 11.3. The quantitative estimate of drug-likeness (QED) is 0.336. The Morgan fingerprint density at radius 3 is 2.80 bits per heavy atom. The van der Waals surface area contributed by atoms with Gasteiger partial charge < -0.3 is 15.2 Å². The molecule has 0 atom stereocenters. The van der Waals surface area contributed by atoms with Crippen LogP contribution in [0.2, 0.25) is 0 Å². The van der Waals surface area contributed by atoms with Gasteiger partial charge in [-0.25, -0.2) is 4.39 Å². The number of halogens is 1. The number of rotatable bonds is 5. The topological polar surface area (TPSA) is 68.3 Å². The highest BCUT2D eigenvalue weighted by atomic mass is 19.1. The average Bonchev–Trinajstić information content (AvgIpc) is 2.20. The van der Waals surface area contributed by atoms with E-state index in [1.165, 1.54) is 12.1 Å². The summed E-state index contributed by atoms with van der Waals surface area (Å²) in [5.74, 6) is -0.638. The summed E-state index contributed by atoms with van der Waals surface area (Å²) in [5.41, 5.74) is 5.54. The molecular weight excluding hydrogens is 199 g/mol. The maximum atomic E-state index is 13.3. The minimum absolute atomic E-state index is 0.00678. The Morgan fingerprint density at radius 1 is 1.53 bits per heavy atom. The first kappa shape index (κ1) is 11.5. The third-order valence-corrected chi connectivity index (χ3v) is 1.74. The van der Waals surface area contributed by atoms with Crippen molar-refractivity contribution in [3.05, 3.63) is 29.6 Å². The second-order valence-electron chi connectivity index (χ2n) is 2.81. The number of nitrogens with two attached hydrogens (primary N) is 1. The first-order valence-electron chi connectivity index (χ1n) is 4.49. The van der Waals surface area contributed by atoms with Crippen molar-refractivity contribution in [2.75, 3.05) is 13.4 Å². The maximum Gasteiger partial charge on any atom is 0.189 e. The molecule has 3 N–H and O–H groups in total. The summed E-state index contributed by atoms with van der Waals surface area (Å²) in [5, 5.41) is 7.12. The monoisotopic (exact) mass is 212 g/mol. The fourth-order valence-electron chi connectivity index (χ4n) is 0.974. The van der Waals surface area contributed by atoms with Gasteiger partial charge in [-0.1, -0.05) is 0 Å². The lowest BCUT2D eigenvalue weighted by atomic mass is 10.2. The molecule has 1 rings (SSSR count). The van der Waals surface area contributed by atoms with Crippen molar-refractivity contribution in [2.45, 2.75) is 6.92 Å². The Labute approximate surface area is 87.3 Å². The van der Waals surface area contributed by atoms with E-state index in [2.05, 4.69) is 0 Å². The minimum Gasteiger partial charge on any atom is -0.464 e. The van der Waals surface area contributed by atoms with Gasteiger partial charge in [0.05, 0.1) is 0 Å². The summed E-state index contributed by atoms with van der Waals surface area (Å²) in [6.07, 6.45) is 0. The fourth-order valence-corrected chi connectivity index (χ4v) is 0.974. The molecule has 0 saturated heterocycles. The van der Waals surface area contributed by atoms with E-state index in [1.807, 2.05) is 6.92 Å². The number of hydrogen-bond acceptors (Lipinski definition) is 3. The van der Waals surface area contributed by atoms with E-state index < -0.39 is 5.82 Å². The number of nitrogen functional groups attached to an aromatic ring is 1. The predicted molar refractivity (Wildman–Crippen MR) is 54.5 cm³/mol. The zero-order valence-corrected chi connectivity index (χ0v) is 8.42. The molecule has 0 aliphatic carbocycles. The van der Waals surface area contributed by atoms with Gasteiger partial charge in [-0.2, -0.15) is 0 Å². The first-order chi connectivity index (χ1) is 7.15. The van der Waals surface area contributed by atoms with Crippen molar-refractivity contribution >= 4 is 5.84 Å². The Hall–Kier alpha value is -1.62. The number of ether oxygens (including phenoxy) is 2. The fraction of sp³-hybridized carbons (Fsp3) is 0.300. The van der Waals surface area contributed by atoms with Crippen molar-refractivity contribution in [1.82, 2.24) is 0 Å². The number of nitrogens with one attached hydrogen (secondary N) is 1. The Bertz CT molecular complexity index is 355. The van der Waals surface area contributed by atoms with Crippen LogP contribution in [-0.2, 0) is 4.74 Å². The lowest BCUT2D eigenvalue weighted by Gasteiger charge is -2.07. The molecule has 4 nitrogen and oxygen atoms in total. The molecule has 82 valence electrons. The molecule has 0 saturated carbocycles. The first-order valence-corrected chi connectivity index (χ1v) is 4.49. The van der Waals surface area contributed by atoms with Crippen molar-refractivity contribution in [3.8, 4) is 5.75 Å². The van der Waals surface area contributed by atoms with E-state index >= 15 is 0 Å². The molecule has 15 heavy (non-hydrogen) atoms. The van der Waals surface area contributed by atoms with Gasteiger partial charge in [0, 0.05) is 12.2 Å². The number of amidine groups is 1. The lowest BCUT2D eigenvalue weighted by molar-refractivity contribution is 0.0201. The molecule has 0 bridgehead atoms. The highest BCUT2D eigenvalue weighted by Gasteiger charge is 2.05. The maximum absolute atomic E-state index is 13.3. The molecular formula is C10H13FN2O2. The summed E-state index contributed by atoms with van der Waals surface area (Å²) in [6.45, 7) is 2.33. The Balaban J connectivity index is 2.70. The summed E-state index contributed by atoms with van der Waals surface area (Å²) in [7, 11) is 0. The molecule has 1 aromatic rings. The van der Waals surface area contributed by atoms with Crippen LogP contribution >= 0.6 is 0 Å². The molecule has 5 heteroatoms. The molecule has 0 amide bonds. The molecule has 0 spiro atoms. The second-order valence-corrected chi connectivity index (χ2v) is 2.81. The van der Waals surface area contributed by atoms with Crippen LogP contribution in [0.3, 0.4) is 0 Å². The highest BCUT2D eigenvalue weighted by Crippen LogP contribution is 2.17. The van der Waals surface area contributed by atoms with Gasteiger partial charge in [0.1, 0.15) is 5.84 Å². The molecule has 0 heterocycles. The van der Waals surface area contributed by atoms with E-state index in [0.29, 0.717) is 12.2 Å². The normalized spacial score (nSPS) is 10.0. The van der Waals surface area contributed by atoms with Crippen LogP contribution in [0.25, 0.3) is 0 Å². The van der Waals surface area contributed by atoms with E-state index in [-0.39, 0.29) is 18.4 Å². The Kier molecular flexibility index (Phi) is 4.05. The van der Waals surface area contributed by atoms with Crippen molar-refractivity contribution in [1.29, 1.82) is 5.41 Å². The van der Waals surface area contributed by atoms with Gasteiger partial charge in [-0.3, -0.25) is 5.41 Å². The van der Waals surface area contributed by atoms with Crippen LogP contribution in [0.5, 0.6) is 5.75 Å². The molecule has 0 aliphatic heterocycles. The molecule has 1 aromatic carbocycles. The molecule has 0 aromatic heterocycles. The van der Waals surface area contributed by atoms with E-state index in [1.54, 1.807) is 0 Å².